The fourth-order valence-corrected chi connectivity index (χ4v) is 2.40. The highest BCUT2D eigenvalue weighted by Gasteiger charge is 2.17. The van der Waals surface area contributed by atoms with Crippen molar-refractivity contribution in [1.29, 1.82) is 0 Å². The molecule has 3 aromatic rings. The summed E-state index contributed by atoms with van der Waals surface area (Å²) in [5.74, 6) is -0.719. The average Bonchev–Trinajstić information content (AvgIpc) is 2.89. The van der Waals surface area contributed by atoms with Gasteiger partial charge in [-0.1, -0.05) is 23.7 Å². The Kier molecular flexibility index (Phi) is 3.35. The van der Waals surface area contributed by atoms with Crippen molar-refractivity contribution in [3.05, 3.63) is 52.8 Å². The molecule has 0 amide bonds. The monoisotopic (exact) mass is 304 g/mol. The van der Waals surface area contributed by atoms with Gasteiger partial charge in [0.1, 0.15) is 17.2 Å². The quantitative estimate of drug-likeness (QED) is 0.732. The summed E-state index contributed by atoms with van der Waals surface area (Å²) in [6.07, 6.45) is 0. The second kappa shape index (κ2) is 5.18. The summed E-state index contributed by atoms with van der Waals surface area (Å²) in [6, 6.07) is 9.43. The molecule has 0 aliphatic rings. The molecule has 2 aromatic carbocycles. The van der Waals surface area contributed by atoms with Crippen molar-refractivity contribution in [2.75, 3.05) is 7.11 Å². The Balaban J connectivity index is 2.25. The van der Waals surface area contributed by atoms with Gasteiger partial charge < -0.3 is 9.72 Å². The molecule has 21 heavy (non-hydrogen) atoms. The van der Waals surface area contributed by atoms with Crippen LogP contribution in [0, 0.1) is 5.82 Å². The molecule has 4 nitrogen and oxygen atoms in total. The highest BCUT2D eigenvalue weighted by Crippen LogP contribution is 2.30. The van der Waals surface area contributed by atoms with Gasteiger partial charge in [0.15, 0.2) is 0 Å². The van der Waals surface area contributed by atoms with Crippen LogP contribution in [0.2, 0.25) is 5.02 Å². The fraction of sp³-hybridized carbons (Fsp3) is 0.0667. The van der Waals surface area contributed by atoms with Gasteiger partial charge in [0, 0.05) is 0 Å². The van der Waals surface area contributed by atoms with Crippen molar-refractivity contribution in [3.8, 4) is 11.4 Å². The molecule has 0 saturated carbocycles. The summed E-state index contributed by atoms with van der Waals surface area (Å²) in [7, 11) is 1.29. The molecule has 106 valence electrons. The van der Waals surface area contributed by atoms with E-state index in [4.69, 9.17) is 16.3 Å². The molecule has 1 aromatic heterocycles. The molecule has 0 saturated heterocycles. The standard InChI is InChI=1S/C15H10ClFN2O2/c1-21-15(20)8-4-2-7-11-13(8)19-14(18-11)12-9(16)5-3-6-10(12)17/h2-7H,1H3,(H,18,19). The fourth-order valence-electron chi connectivity index (χ4n) is 2.15. The largest absolute Gasteiger partial charge is 0.465 e. The zero-order valence-corrected chi connectivity index (χ0v) is 11.7. The van der Waals surface area contributed by atoms with E-state index in [9.17, 15) is 9.18 Å². The molecule has 0 spiro atoms. The number of halogens is 2. The number of rotatable bonds is 2. The summed E-state index contributed by atoms with van der Waals surface area (Å²) in [4.78, 5) is 19.0. The van der Waals surface area contributed by atoms with Crippen LogP contribution in [-0.2, 0) is 4.74 Å². The van der Waals surface area contributed by atoms with Crippen LogP contribution in [0.15, 0.2) is 36.4 Å². The van der Waals surface area contributed by atoms with Gasteiger partial charge in [-0.15, -0.1) is 0 Å². The lowest BCUT2D eigenvalue weighted by Gasteiger charge is -2.01. The number of ether oxygens (including phenoxy) is 1. The van der Waals surface area contributed by atoms with E-state index >= 15 is 0 Å². The first-order valence-electron chi connectivity index (χ1n) is 6.13. The number of hydrogen-bond donors (Lipinski definition) is 1. The molecule has 0 aliphatic carbocycles. The highest BCUT2D eigenvalue weighted by atomic mass is 35.5. The maximum Gasteiger partial charge on any atom is 0.340 e. The maximum absolute atomic E-state index is 14.0. The number of para-hydroxylation sites is 1. The van der Waals surface area contributed by atoms with E-state index in [1.807, 2.05) is 0 Å². The zero-order chi connectivity index (χ0) is 15.0. The maximum atomic E-state index is 14.0. The number of carbonyl (C=O) groups excluding carboxylic acids is 1. The summed E-state index contributed by atoms with van der Waals surface area (Å²) in [5.41, 5.74) is 1.50. The molecule has 1 N–H and O–H groups in total. The van der Waals surface area contributed by atoms with Crippen molar-refractivity contribution in [3.63, 3.8) is 0 Å². The van der Waals surface area contributed by atoms with Gasteiger partial charge in [0.25, 0.3) is 0 Å². The van der Waals surface area contributed by atoms with Gasteiger partial charge in [-0.3, -0.25) is 0 Å². The number of imidazole rings is 1. The summed E-state index contributed by atoms with van der Waals surface area (Å²) < 4.78 is 18.7. The molecule has 0 fully saturated rings. The Labute approximate surface area is 124 Å². The van der Waals surface area contributed by atoms with Gasteiger partial charge in [0.05, 0.1) is 28.8 Å². The Morgan fingerprint density at radius 2 is 2.05 bits per heavy atom. The predicted molar refractivity (Wildman–Crippen MR) is 77.8 cm³/mol. The van der Waals surface area contributed by atoms with Gasteiger partial charge >= 0.3 is 5.97 Å². The van der Waals surface area contributed by atoms with Crippen molar-refractivity contribution >= 4 is 28.6 Å². The van der Waals surface area contributed by atoms with E-state index in [1.165, 1.54) is 19.2 Å². The molecular weight excluding hydrogens is 295 g/mol. The Morgan fingerprint density at radius 1 is 1.29 bits per heavy atom. The minimum atomic E-state index is -0.502. The first-order chi connectivity index (χ1) is 10.1. The molecular formula is C15H10ClFN2O2. The second-order valence-corrected chi connectivity index (χ2v) is 4.78. The van der Waals surface area contributed by atoms with Crippen LogP contribution in [0.1, 0.15) is 10.4 Å². The molecule has 3 rings (SSSR count). The van der Waals surface area contributed by atoms with Gasteiger partial charge in [-0.05, 0) is 24.3 Å². The lowest BCUT2D eigenvalue weighted by atomic mass is 10.2. The average molecular weight is 305 g/mol. The van der Waals surface area contributed by atoms with Crippen molar-refractivity contribution in [1.82, 2.24) is 9.97 Å². The van der Waals surface area contributed by atoms with E-state index in [2.05, 4.69) is 9.97 Å². The highest BCUT2D eigenvalue weighted by molar-refractivity contribution is 6.33. The number of hydrogen-bond acceptors (Lipinski definition) is 3. The first-order valence-corrected chi connectivity index (χ1v) is 6.51. The van der Waals surface area contributed by atoms with Gasteiger partial charge in [0.2, 0.25) is 0 Å². The van der Waals surface area contributed by atoms with E-state index < -0.39 is 11.8 Å². The Morgan fingerprint density at radius 3 is 2.76 bits per heavy atom. The zero-order valence-electron chi connectivity index (χ0n) is 11.0. The van der Waals surface area contributed by atoms with E-state index in [0.717, 1.165) is 0 Å². The van der Waals surface area contributed by atoms with Crippen LogP contribution in [-0.4, -0.2) is 23.0 Å². The third-order valence-electron chi connectivity index (χ3n) is 3.12. The number of nitrogens with one attached hydrogen (secondary N) is 1. The minimum Gasteiger partial charge on any atom is -0.465 e. The SMILES string of the molecule is COC(=O)c1cccc2[nH]c(-c3c(F)cccc3Cl)nc12. The number of methoxy groups -OCH3 is 1. The normalized spacial score (nSPS) is 10.8. The van der Waals surface area contributed by atoms with E-state index in [0.29, 0.717) is 16.6 Å². The minimum absolute atomic E-state index is 0.172. The predicted octanol–water partition coefficient (Wildman–Crippen LogP) is 3.81. The molecule has 6 heteroatoms. The molecule has 0 unspecified atom stereocenters. The van der Waals surface area contributed by atoms with Crippen LogP contribution in [0.25, 0.3) is 22.4 Å². The first kappa shape index (κ1) is 13.6. The number of esters is 1. The number of aromatic nitrogens is 2. The second-order valence-electron chi connectivity index (χ2n) is 4.38. The lowest BCUT2D eigenvalue weighted by molar-refractivity contribution is 0.0603. The third-order valence-corrected chi connectivity index (χ3v) is 3.43. The molecule has 0 bridgehead atoms. The van der Waals surface area contributed by atoms with Crippen LogP contribution in [0.5, 0.6) is 0 Å². The Hall–Kier alpha value is -2.40. The number of aromatic amines is 1. The molecule has 0 atom stereocenters. The smallest absolute Gasteiger partial charge is 0.340 e. The summed E-state index contributed by atoms with van der Waals surface area (Å²) in [5, 5.41) is 0.244. The van der Waals surface area contributed by atoms with E-state index in [-0.39, 0.29) is 16.4 Å². The van der Waals surface area contributed by atoms with Crippen molar-refractivity contribution < 1.29 is 13.9 Å². The number of fused-ring (bicyclic) bond motifs is 1. The third kappa shape index (κ3) is 2.25. The van der Waals surface area contributed by atoms with Gasteiger partial charge in [-0.2, -0.15) is 0 Å². The number of carbonyl (C=O) groups is 1. The number of nitrogens with zero attached hydrogens (tertiary/aromatic N) is 1. The molecule has 1 heterocycles. The number of H-pyrrole nitrogens is 1. The van der Waals surface area contributed by atoms with Gasteiger partial charge in [-0.25, -0.2) is 14.2 Å². The summed E-state index contributed by atoms with van der Waals surface area (Å²) in [6.45, 7) is 0. The van der Waals surface area contributed by atoms with E-state index in [1.54, 1.807) is 24.3 Å². The lowest BCUT2D eigenvalue weighted by Crippen LogP contribution is -2.01. The van der Waals surface area contributed by atoms with Crippen molar-refractivity contribution in [2.45, 2.75) is 0 Å². The van der Waals surface area contributed by atoms with Crippen molar-refractivity contribution in [2.24, 2.45) is 0 Å². The molecule has 0 aliphatic heterocycles. The molecule has 0 radical (unpaired) electrons. The Bertz CT molecular complexity index is 825. The summed E-state index contributed by atoms with van der Waals surface area (Å²) >= 11 is 6.03. The van der Waals surface area contributed by atoms with Crippen LogP contribution in [0.4, 0.5) is 4.39 Å². The van der Waals surface area contributed by atoms with Crippen LogP contribution in [0.3, 0.4) is 0 Å². The number of benzene rings is 2. The topological polar surface area (TPSA) is 55.0 Å². The van der Waals surface area contributed by atoms with Crippen LogP contribution < -0.4 is 0 Å². The van der Waals surface area contributed by atoms with Crippen LogP contribution >= 0.6 is 11.6 Å².